The highest BCUT2D eigenvalue weighted by Crippen LogP contribution is 2.16. The second-order valence-corrected chi connectivity index (χ2v) is 3.99. The Labute approximate surface area is 110 Å². The molecule has 1 heterocycles. The molecule has 1 aromatic heterocycles. The Hall–Kier alpha value is -2.37. The first kappa shape index (κ1) is 13.1. The zero-order valence-electron chi connectivity index (χ0n) is 10.7. The topological polar surface area (TPSA) is 56.1 Å². The van der Waals surface area contributed by atoms with Crippen molar-refractivity contribution >= 4 is 11.7 Å². The van der Waals surface area contributed by atoms with E-state index in [1.807, 2.05) is 17.8 Å². The molecule has 0 unspecified atom stereocenters. The normalized spacial score (nSPS) is 10.3. The molecule has 5 nitrogen and oxygen atoms in total. The van der Waals surface area contributed by atoms with E-state index in [0.29, 0.717) is 12.2 Å². The summed E-state index contributed by atoms with van der Waals surface area (Å²) in [5, 5.41) is 3.08. The minimum absolute atomic E-state index is 0.0904. The van der Waals surface area contributed by atoms with Gasteiger partial charge in [0, 0.05) is 25.1 Å². The molecule has 0 fully saturated rings. The van der Waals surface area contributed by atoms with Crippen molar-refractivity contribution in [1.82, 2.24) is 9.55 Å². The molecule has 100 valence electrons. The van der Waals surface area contributed by atoms with Crippen molar-refractivity contribution in [2.45, 2.75) is 6.54 Å². The number of hydrogen-bond donors (Lipinski definition) is 1. The molecule has 0 saturated carbocycles. The number of nitrogens with zero attached hydrogens (tertiary/aromatic N) is 2. The van der Waals surface area contributed by atoms with Gasteiger partial charge in [-0.3, -0.25) is 0 Å². The highest BCUT2D eigenvalue weighted by molar-refractivity contribution is 5.90. The molecule has 0 aliphatic carbocycles. The van der Waals surface area contributed by atoms with Gasteiger partial charge in [-0.05, 0) is 18.2 Å². The van der Waals surface area contributed by atoms with E-state index in [2.05, 4.69) is 15.0 Å². The zero-order chi connectivity index (χ0) is 13.8. The van der Waals surface area contributed by atoms with Crippen LogP contribution < -0.4 is 5.32 Å². The Morgan fingerprint density at radius 2 is 2.32 bits per heavy atom. The molecular formula is C13H14FN3O2. The smallest absolute Gasteiger partial charge is 0.340 e. The molecule has 2 aromatic rings. The van der Waals surface area contributed by atoms with Crippen LogP contribution in [-0.4, -0.2) is 22.6 Å². The van der Waals surface area contributed by atoms with Gasteiger partial charge in [0.05, 0.1) is 19.2 Å². The van der Waals surface area contributed by atoms with Gasteiger partial charge in [0.25, 0.3) is 0 Å². The van der Waals surface area contributed by atoms with E-state index in [-0.39, 0.29) is 5.56 Å². The first-order chi connectivity index (χ1) is 9.11. The summed E-state index contributed by atoms with van der Waals surface area (Å²) in [4.78, 5) is 15.5. The molecule has 6 heteroatoms. The number of ether oxygens (including phenoxy) is 1. The number of methoxy groups -OCH3 is 1. The first-order valence-electron chi connectivity index (χ1n) is 5.69. The third-order valence-electron chi connectivity index (χ3n) is 2.74. The Kier molecular flexibility index (Phi) is 3.79. The van der Waals surface area contributed by atoms with Crippen LogP contribution in [0.15, 0.2) is 30.6 Å². The summed E-state index contributed by atoms with van der Waals surface area (Å²) in [7, 11) is 3.10. The Morgan fingerprint density at radius 3 is 2.95 bits per heavy atom. The second-order valence-electron chi connectivity index (χ2n) is 3.99. The van der Waals surface area contributed by atoms with Gasteiger partial charge in [0.2, 0.25) is 0 Å². The number of imidazole rings is 1. The lowest BCUT2D eigenvalue weighted by Crippen LogP contribution is -2.08. The fraction of sp³-hybridized carbons (Fsp3) is 0.231. The molecule has 0 radical (unpaired) electrons. The molecule has 0 amide bonds. The maximum absolute atomic E-state index is 13.4. The average molecular weight is 263 g/mol. The molecule has 0 aliphatic rings. The number of aromatic nitrogens is 2. The zero-order valence-corrected chi connectivity index (χ0v) is 10.7. The van der Waals surface area contributed by atoms with Crippen molar-refractivity contribution in [2.24, 2.45) is 7.05 Å². The number of hydrogen-bond acceptors (Lipinski definition) is 4. The number of aryl methyl sites for hydroxylation is 1. The largest absolute Gasteiger partial charge is 0.465 e. The lowest BCUT2D eigenvalue weighted by Gasteiger charge is -2.08. The summed E-state index contributed by atoms with van der Waals surface area (Å²) in [5.41, 5.74) is 0.539. The van der Waals surface area contributed by atoms with Crippen LogP contribution in [0.3, 0.4) is 0 Å². The fourth-order valence-electron chi connectivity index (χ4n) is 1.65. The maximum Gasteiger partial charge on any atom is 0.340 e. The molecule has 0 atom stereocenters. The summed E-state index contributed by atoms with van der Waals surface area (Å²) in [6.07, 6.45) is 3.53. The van der Waals surface area contributed by atoms with Crippen molar-refractivity contribution in [2.75, 3.05) is 12.4 Å². The average Bonchev–Trinajstić information content (AvgIpc) is 2.82. The van der Waals surface area contributed by atoms with Crippen LogP contribution in [0.1, 0.15) is 16.2 Å². The van der Waals surface area contributed by atoms with Gasteiger partial charge in [0.1, 0.15) is 11.6 Å². The maximum atomic E-state index is 13.4. The van der Waals surface area contributed by atoms with Crippen LogP contribution in [0.4, 0.5) is 10.1 Å². The SMILES string of the molecule is COC(=O)c1cc(NCc2nccn2C)ccc1F. The molecule has 19 heavy (non-hydrogen) atoms. The third-order valence-corrected chi connectivity index (χ3v) is 2.74. The second kappa shape index (κ2) is 5.51. The van der Waals surface area contributed by atoms with Crippen molar-refractivity contribution in [3.63, 3.8) is 0 Å². The van der Waals surface area contributed by atoms with E-state index in [1.54, 1.807) is 12.3 Å². The number of carbonyl (C=O) groups excluding carboxylic acids is 1. The Balaban J connectivity index is 2.13. The quantitative estimate of drug-likeness (QED) is 0.857. The molecule has 0 bridgehead atoms. The fourth-order valence-corrected chi connectivity index (χ4v) is 1.65. The lowest BCUT2D eigenvalue weighted by atomic mass is 10.2. The number of esters is 1. The van der Waals surface area contributed by atoms with Crippen molar-refractivity contribution in [1.29, 1.82) is 0 Å². The Bertz CT molecular complexity index is 595. The number of carbonyl (C=O) groups is 1. The molecule has 1 aromatic carbocycles. The van der Waals surface area contributed by atoms with E-state index in [9.17, 15) is 9.18 Å². The predicted molar refractivity (Wildman–Crippen MR) is 68.3 cm³/mol. The van der Waals surface area contributed by atoms with Crippen LogP contribution >= 0.6 is 0 Å². The van der Waals surface area contributed by atoms with Crippen LogP contribution in [0, 0.1) is 5.82 Å². The van der Waals surface area contributed by atoms with E-state index in [0.717, 1.165) is 5.82 Å². The van der Waals surface area contributed by atoms with E-state index < -0.39 is 11.8 Å². The van der Waals surface area contributed by atoms with Crippen molar-refractivity contribution < 1.29 is 13.9 Å². The van der Waals surface area contributed by atoms with Crippen molar-refractivity contribution in [3.05, 3.63) is 47.8 Å². The third kappa shape index (κ3) is 2.90. The van der Waals surface area contributed by atoms with Gasteiger partial charge < -0.3 is 14.6 Å². The number of nitrogens with one attached hydrogen (secondary N) is 1. The van der Waals surface area contributed by atoms with E-state index >= 15 is 0 Å². The minimum Gasteiger partial charge on any atom is -0.465 e. The number of rotatable bonds is 4. The van der Waals surface area contributed by atoms with E-state index in [1.165, 1.54) is 19.2 Å². The molecule has 0 aliphatic heterocycles. The van der Waals surface area contributed by atoms with Crippen molar-refractivity contribution in [3.8, 4) is 0 Å². The number of anilines is 1. The van der Waals surface area contributed by atoms with Gasteiger partial charge in [-0.25, -0.2) is 14.2 Å². The standard InChI is InChI=1S/C13H14FN3O2/c1-17-6-5-15-12(17)8-16-9-3-4-11(14)10(7-9)13(18)19-2/h3-7,16H,8H2,1-2H3. The summed E-state index contributed by atoms with van der Waals surface area (Å²) in [6, 6.07) is 4.21. The van der Waals surface area contributed by atoms with Crippen LogP contribution in [0.5, 0.6) is 0 Å². The number of benzene rings is 1. The van der Waals surface area contributed by atoms with Gasteiger partial charge in [-0.2, -0.15) is 0 Å². The van der Waals surface area contributed by atoms with Gasteiger partial charge in [-0.15, -0.1) is 0 Å². The molecular weight excluding hydrogens is 249 g/mol. The van der Waals surface area contributed by atoms with E-state index in [4.69, 9.17) is 0 Å². The number of halogens is 1. The summed E-state index contributed by atoms with van der Waals surface area (Å²) in [6.45, 7) is 0.482. The summed E-state index contributed by atoms with van der Waals surface area (Å²) < 4.78 is 19.8. The molecule has 0 spiro atoms. The lowest BCUT2D eigenvalue weighted by molar-refractivity contribution is 0.0595. The molecule has 1 N–H and O–H groups in total. The highest BCUT2D eigenvalue weighted by Gasteiger charge is 2.12. The first-order valence-corrected chi connectivity index (χ1v) is 5.69. The van der Waals surface area contributed by atoms with Crippen LogP contribution in [0.25, 0.3) is 0 Å². The van der Waals surface area contributed by atoms with Crippen LogP contribution in [-0.2, 0) is 18.3 Å². The molecule has 2 rings (SSSR count). The molecule has 0 saturated heterocycles. The summed E-state index contributed by atoms with van der Waals surface area (Å²) >= 11 is 0. The minimum atomic E-state index is -0.696. The van der Waals surface area contributed by atoms with Gasteiger partial charge in [0.15, 0.2) is 0 Å². The monoisotopic (exact) mass is 263 g/mol. The van der Waals surface area contributed by atoms with Crippen LogP contribution in [0.2, 0.25) is 0 Å². The van der Waals surface area contributed by atoms with Gasteiger partial charge >= 0.3 is 5.97 Å². The summed E-state index contributed by atoms with van der Waals surface area (Å²) in [5.74, 6) is -0.462. The highest BCUT2D eigenvalue weighted by atomic mass is 19.1. The predicted octanol–water partition coefficient (Wildman–Crippen LogP) is 1.96. The Morgan fingerprint density at radius 1 is 1.53 bits per heavy atom. The van der Waals surface area contributed by atoms with Gasteiger partial charge in [-0.1, -0.05) is 0 Å².